The van der Waals surface area contributed by atoms with E-state index in [-0.39, 0.29) is 5.28 Å². The van der Waals surface area contributed by atoms with Crippen LogP contribution in [0, 0.1) is 0 Å². The highest BCUT2D eigenvalue weighted by atomic mass is 35.5. The van der Waals surface area contributed by atoms with E-state index in [1.165, 1.54) is 0 Å². The number of anilines is 1. The molecule has 0 aromatic carbocycles. The Kier molecular flexibility index (Phi) is 5.17. The van der Waals surface area contributed by atoms with Crippen molar-refractivity contribution >= 4 is 29.3 Å². The van der Waals surface area contributed by atoms with E-state index in [1.807, 2.05) is 6.08 Å². The first kappa shape index (κ1) is 13.8. The molecule has 0 fully saturated rings. The molecule has 0 aliphatic heterocycles. The number of imidazole rings is 1. The van der Waals surface area contributed by atoms with Gasteiger partial charge in [0.05, 0.1) is 0 Å². The molecular weight excluding hydrogens is 284 g/mol. The molecule has 0 unspecified atom stereocenters. The normalized spacial score (nSPS) is 10.4. The monoisotopic (exact) mass is 296 g/mol. The van der Waals surface area contributed by atoms with Crippen LogP contribution in [0.3, 0.4) is 0 Å². The summed E-state index contributed by atoms with van der Waals surface area (Å²) in [6, 6.07) is 0. The van der Waals surface area contributed by atoms with Gasteiger partial charge in [-0.2, -0.15) is 26.7 Å². The number of hydrogen-bond donors (Lipinski definition) is 1. The number of thioether (sulfide) groups is 1. The van der Waals surface area contributed by atoms with Gasteiger partial charge in [-0.1, -0.05) is 6.08 Å². The first-order chi connectivity index (χ1) is 9.29. The van der Waals surface area contributed by atoms with Gasteiger partial charge in [0, 0.05) is 30.4 Å². The summed E-state index contributed by atoms with van der Waals surface area (Å²) in [4.78, 5) is 16.3. The fourth-order valence-corrected chi connectivity index (χ4v) is 2.05. The molecule has 1 N–H and O–H groups in total. The van der Waals surface area contributed by atoms with Gasteiger partial charge >= 0.3 is 0 Å². The Hall–Kier alpha value is -1.60. The van der Waals surface area contributed by atoms with Crippen LogP contribution in [-0.4, -0.2) is 42.6 Å². The lowest BCUT2D eigenvalue weighted by Crippen LogP contribution is -2.11. The topological polar surface area (TPSA) is 68.5 Å². The van der Waals surface area contributed by atoms with Crippen LogP contribution in [0.5, 0.6) is 0 Å². The second-order valence-corrected chi connectivity index (χ2v) is 4.98. The van der Waals surface area contributed by atoms with E-state index < -0.39 is 0 Å². The molecule has 0 saturated carbocycles. The van der Waals surface area contributed by atoms with Gasteiger partial charge in [0.1, 0.15) is 6.33 Å². The maximum Gasteiger partial charge on any atom is 0.241 e. The summed E-state index contributed by atoms with van der Waals surface area (Å²) in [5.41, 5.74) is 0. The summed E-state index contributed by atoms with van der Waals surface area (Å²) in [5.74, 6) is 2.77. The van der Waals surface area contributed by atoms with E-state index in [9.17, 15) is 0 Å². The maximum absolute atomic E-state index is 5.88. The average Bonchev–Trinajstić information content (AvgIpc) is 2.92. The van der Waals surface area contributed by atoms with E-state index in [2.05, 4.69) is 31.8 Å². The SMILES string of the molecule is C=CCSCCNc1nc(Cl)nc(-n2ccnc2)n1. The smallest absolute Gasteiger partial charge is 0.241 e. The van der Waals surface area contributed by atoms with Gasteiger partial charge in [0.25, 0.3) is 0 Å². The maximum atomic E-state index is 5.88. The van der Waals surface area contributed by atoms with Crippen LogP contribution in [-0.2, 0) is 0 Å². The zero-order valence-electron chi connectivity index (χ0n) is 10.2. The Balaban J connectivity index is 1.99. The quantitative estimate of drug-likeness (QED) is 0.623. The van der Waals surface area contributed by atoms with Crippen LogP contribution in [0.2, 0.25) is 5.28 Å². The molecule has 0 amide bonds. The van der Waals surface area contributed by atoms with Crippen LogP contribution in [0.1, 0.15) is 0 Å². The van der Waals surface area contributed by atoms with E-state index in [4.69, 9.17) is 11.6 Å². The highest BCUT2D eigenvalue weighted by Crippen LogP contribution is 2.09. The lowest BCUT2D eigenvalue weighted by Gasteiger charge is -2.06. The Morgan fingerprint density at radius 1 is 1.42 bits per heavy atom. The fourth-order valence-electron chi connectivity index (χ4n) is 1.31. The minimum Gasteiger partial charge on any atom is -0.353 e. The summed E-state index contributed by atoms with van der Waals surface area (Å²) in [7, 11) is 0. The van der Waals surface area contributed by atoms with E-state index in [0.717, 1.165) is 18.1 Å². The van der Waals surface area contributed by atoms with Crippen molar-refractivity contribution in [2.24, 2.45) is 0 Å². The molecule has 0 aliphatic rings. The molecule has 6 nitrogen and oxygen atoms in total. The van der Waals surface area contributed by atoms with Crippen molar-refractivity contribution in [1.29, 1.82) is 0 Å². The van der Waals surface area contributed by atoms with Gasteiger partial charge in [-0.05, 0) is 11.6 Å². The van der Waals surface area contributed by atoms with Crippen molar-refractivity contribution in [3.05, 3.63) is 36.7 Å². The summed E-state index contributed by atoms with van der Waals surface area (Å²) >= 11 is 7.65. The highest BCUT2D eigenvalue weighted by molar-refractivity contribution is 7.99. The Labute approximate surface area is 120 Å². The van der Waals surface area contributed by atoms with Gasteiger partial charge in [-0.3, -0.25) is 4.57 Å². The lowest BCUT2D eigenvalue weighted by molar-refractivity contribution is 0.892. The van der Waals surface area contributed by atoms with Gasteiger partial charge in [-0.25, -0.2) is 4.98 Å². The Morgan fingerprint density at radius 3 is 3.05 bits per heavy atom. The minimum absolute atomic E-state index is 0.153. The molecule has 0 aliphatic carbocycles. The van der Waals surface area contributed by atoms with Crippen molar-refractivity contribution in [2.75, 3.05) is 23.4 Å². The van der Waals surface area contributed by atoms with E-state index >= 15 is 0 Å². The molecule has 2 aromatic heterocycles. The summed E-state index contributed by atoms with van der Waals surface area (Å²) in [6.07, 6.45) is 6.88. The second-order valence-electron chi connectivity index (χ2n) is 3.49. The molecule has 2 heterocycles. The van der Waals surface area contributed by atoms with Crippen LogP contribution in [0.4, 0.5) is 5.95 Å². The predicted octanol–water partition coefficient (Wildman–Crippen LogP) is 2.04. The van der Waals surface area contributed by atoms with Crippen LogP contribution in [0.15, 0.2) is 31.4 Å². The summed E-state index contributed by atoms with van der Waals surface area (Å²) in [5, 5.41) is 3.26. The van der Waals surface area contributed by atoms with E-state index in [0.29, 0.717) is 11.9 Å². The molecule has 8 heteroatoms. The third kappa shape index (κ3) is 4.22. The van der Waals surface area contributed by atoms with Crippen molar-refractivity contribution in [1.82, 2.24) is 24.5 Å². The fraction of sp³-hybridized carbons (Fsp3) is 0.273. The number of hydrogen-bond acceptors (Lipinski definition) is 6. The van der Waals surface area contributed by atoms with Crippen molar-refractivity contribution in [2.45, 2.75) is 0 Å². The first-order valence-electron chi connectivity index (χ1n) is 5.62. The number of nitrogens with zero attached hydrogens (tertiary/aromatic N) is 5. The summed E-state index contributed by atoms with van der Waals surface area (Å²) < 4.78 is 1.67. The van der Waals surface area contributed by atoms with Crippen LogP contribution >= 0.6 is 23.4 Å². The van der Waals surface area contributed by atoms with Crippen LogP contribution in [0.25, 0.3) is 5.95 Å². The first-order valence-corrected chi connectivity index (χ1v) is 7.15. The number of halogens is 1. The summed E-state index contributed by atoms with van der Waals surface area (Å²) in [6.45, 7) is 4.42. The zero-order chi connectivity index (χ0) is 13.5. The predicted molar refractivity (Wildman–Crippen MR) is 78.0 cm³/mol. The van der Waals surface area contributed by atoms with Crippen molar-refractivity contribution in [3.8, 4) is 5.95 Å². The molecule has 19 heavy (non-hydrogen) atoms. The number of aromatic nitrogens is 5. The molecule has 100 valence electrons. The third-order valence-electron chi connectivity index (χ3n) is 2.10. The zero-order valence-corrected chi connectivity index (χ0v) is 11.7. The number of nitrogens with one attached hydrogen (secondary N) is 1. The van der Waals surface area contributed by atoms with Crippen LogP contribution < -0.4 is 5.32 Å². The van der Waals surface area contributed by atoms with Gasteiger partial charge in [0.2, 0.25) is 17.2 Å². The third-order valence-corrected chi connectivity index (χ3v) is 3.23. The Bertz CT molecular complexity index is 530. The Morgan fingerprint density at radius 2 is 2.32 bits per heavy atom. The highest BCUT2D eigenvalue weighted by Gasteiger charge is 2.05. The van der Waals surface area contributed by atoms with Gasteiger partial charge in [0.15, 0.2) is 0 Å². The van der Waals surface area contributed by atoms with Crippen molar-refractivity contribution < 1.29 is 0 Å². The van der Waals surface area contributed by atoms with E-state index in [1.54, 1.807) is 35.0 Å². The molecule has 0 spiro atoms. The minimum atomic E-state index is 0.153. The molecule has 0 saturated heterocycles. The standard InChI is InChI=1S/C11H13ClN6S/c1-2-6-19-7-4-14-10-15-9(12)16-11(17-10)18-5-3-13-8-18/h2-3,5,8H,1,4,6-7H2,(H,14,15,16,17). The van der Waals surface area contributed by atoms with Gasteiger partial charge < -0.3 is 5.32 Å². The molecule has 2 rings (SSSR count). The second kappa shape index (κ2) is 7.10. The molecule has 0 bridgehead atoms. The van der Waals surface area contributed by atoms with Crippen molar-refractivity contribution in [3.63, 3.8) is 0 Å². The molecule has 0 radical (unpaired) electrons. The molecule has 2 aromatic rings. The van der Waals surface area contributed by atoms with Gasteiger partial charge in [-0.15, -0.1) is 6.58 Å². The molecular formula is C11H13ClN6S. The molecule has 0 atom stereocenters. The largest absolute Gasteiger partial charge is 0.353 e. The number of rotatable bonds is 7. The lowest BCUT2D eigenvalue weighted by atomic mass is 10.7. The average molecular weight is 297 g/mol.